The molecule has 11 heteroatoms. The van der Waals surface area contributed by atoms with Crippen LogP contribution < -0.4 is 10.5 Å². The van der Waals surface area contributed by atoms with Crippen LogP contribution in [-0.2, 0) is 19.6 Å². The summed E-state index contributed by atoms with van der Waals surface area (Å²) < 4.78 is 45.8. The number of primary amides is 1. The zero-order chi connectivity index (χ0) is 21.2. The number of anilines is 1. The Kier molecular flexibility index (Phi) is 6.06. The van der Waals surface area contributed by atoms with E-state index in [0.29, 0.717) is 0 Å². The number of morpholine rings is 1. The van der Waals surface area contributed by atoms with Gasteiger partial charge in [0.2, 0.25) is 5.91 Å². The van der Waals surface area contributed by atoms with Gasteiger partial charge in [-0.1, -0.05) is 11.6 Å². The number of nitrogens with two attached hydrogens (primary N) is 1. The summed E-state index contributed by atoms with van der Waals surface area (Å²) in [5.74, 6) is -1.76. The molecule has 1 saturated heterocycles. The zero-order valence-electron chi connectivity index (χ0n) is 15.0. The van der Waals surface area contributed by atoms with Crippen LogP contribution >= 0.6 is 11.6 Å². The minimum absolute atomic E-state index is 0.0428. The van der Waals surface area contributed by atoms with E-state index in [0.717, 1.165) is 18.2 Å². The minimum atomic E-state index is -4.05. The Bertz CT molecular complexity index is 1050. The molecular formula is C18H17ClFN3O5S. The van der Waals surface area contributed by atoms with Gasteiger partial charge in [-0.2, -0.15) is 0 Å². The lowest BCUT2D eigenvalue weighted by Crippen LogP contribution is -2.50. The molecule has 8 nitrogen and oxygen atoms in total. The average Bonchev–Trinajstić information content (AvgIpc) is 2.69. The van der Waals surface area contributed by atoms with Crippen LogP contribution in [0.4, 0.5) is 10.1 Å². The molecule has 0 radical (unpaired) electrons. The second-order valence-corrected chi connectivity index (χ2v) is 8.36. The van der Waals surface area contributed by atoms with E-state index in [4.69, 9.17) is 22.1 Å². The van der Waals surface area contributed by atoms with Crippen molar-refractivity contribution in [1.82, 2.24) is 4.90 Å². The summed E-state index contributed by atoms with van der Waals surface area (Å²) in [6, 6.07) is 8.45. The number of amides is 2. The van der Waals surface area contributed by atoms with Crippen LogP contribution in [0.1, 0.15) is 10.4 Å². The highest BCUT2D eigenvalue weighted by molar-refractivity contribution is 7.92. The summed E-state index contributed by atoms with van der Waals surface area (Å²) in [4.78, 5) is 25.3. The van der Waals surface area contributed by atoms with Crippen molar-refractivity contribution < 1.29 is 27.1 Å². The second kappa shape index (κ2) is 8.36. The molecule has 3 N–H and O–H groups in total. The van der Waals surface area contributed by atoms with Crippen LogP contribution in [0.25, 0.3) is 0 Å². The zero-order valence-corrected chi connectivity index (χ0v) is 16.5. The van der Waals surface area contributed by atoms with Gasteiger partial charge in [-0.15, -0.1) is 0 Å². The standard InChI is InChI=1S/C18H17ClFN3O5S/c19-15-6-5-13(29(26,27)22-12-3-1-11(20)2-4-12)9-14(15)18(25)23-7-8-28-16(10-23)17(21)24/h1-6,9,16,22H,7-8,10H2,(H2,21,24). The SMILES string of the molecule is NC(=O)C1CN(C(=O)c2cc(S(=O)(=O)Nc3ccc(F)cc3)ccc2Cl)CCO1. The Morgan fingerprint density at radius 1 is 1.21 bits per heavy atom. The highest BCUT2D eigenvalue weighted by Crippen LogP contribution is 2.24. The molecule has 0 saturated carbocycles. The molecule has 154 valence electrons. The molecule has 0 aliphatic carbocycles. The topological polar surface area (TPSA) is 119 Å². The van der Waals surface area contributed by atoms with Crippen molar-refractivity contribution in [2.24, 2.45) is 5.73 Å². The number of hydrogen-bond donors (Lipinski definition) is 2. The Morgan fingerprint density at radius 2 is 1.90 bits per heavy atom. The minimum Gasteiger partial charge on any atom is -0.367 e. The molecule has 2 aromatic carbocycles. The van der Waals surface area contributed by atoms with Crippen LogP contribution in [0.15, 0.2) is 47.4 Å². The van der Waals surface area contributed by atoms with E-state index in [1.54, 1.807) is 0 Å². The van der Waals surface area contributed by atoms with Crippen LogP contribution in [0.3, 0.4) is 0 Å². The molecular weight excluding hydrogens is 425 g/mol. The van der Waals surface area contributed by atoms with Crippen LogP contribution in [-0.4, -0.2) is 50.9 Å². The quantitative estimate of drug-likeness (QED) is 0.730. The van der Waals surface area contributed by atoms with Crippen molar-refractivity contribution in [2.45, 2.75) is 11.0 Å². The molecule has 2 amide bonds. The van der Waals surface area contributed by atoms with Gasteiger partial charge in [0.15, 0.2) is 6.10 Å². The molecule has 0 aromatic heterocycles. The molecule has 1 unspecified atom stereocenters. The highest BCUT2D eigenvalue weighted by atomic mass is 35.5. The third-order valence-corrected chi connectivity index (χ3v) is 5.95. The molecule has 1 fully saturated rings. The number of ether oxygens (including phenoxy) is 1. The maximum atomic E-state index is 13.0. The van der Waals surface area contributed by atoms with Gasteiger partial charge < -0.3 is 15.4 Å². The lowest BCUT2D eigenvalue weighted by atomic mass is 10.1. The van der Waals surface area contributed by atoms with Gasteiger partial charge in [0.05, 0.1) is 28.6 Å². The van der Waals surface area contributed by atoms with Crippen LogP contribution in [0.5, 0.6) is 0 Å². The van der Waals surface area contributed by atoms with Gasteiger partial charge in [0.1, 0.15) is 5.82 Å². The van der Waals surface area contributed by atoms with E-state index >= 15 is 0 Å². The number of halogens is 2. The van der Waals surface area contributed by atoms with Gasteiger partial charge in [-0.25, -0.2) is 12.8 Å². The van der Waals surface area contributed by atoms with Crippen molar-refractivity contribution in [3.05, 3.63) is 58.9 Å². The molecule has 2 aromatic rings. The number of carbonyl (C=O) groups excluding carboxylic acids is 2. The van der Waals surface area contributed by atoms with Gasteiger partial charge in [0, 0.05) is 12.2 Å². The second-order valence-electron chi connectivity index (χ2n) is 6.27. The van der Waals surface area contributed by atoms with Gasteiger partial charge in [-0.3, -0.25) is 14.3 Å². The molecule has 1 aliphatic rings. The van der Waals surface area contributed by atoms with Crippen molar-refractivity contribution >= 4 is 39.1 Å². The lowest BCUT2D eigenvalue weighted by molar-refractivity contribution is -0.133. The summed E-state index contributed by atoms with van der Waals surface area (Å²) >= 11 is 6.11. The van der Waals surface area contributed by atoms with Gasteiger partial charge >= 0.3 is 0 Å². The van der Waals surface area contributed by atoms with Crippen molar-refractivity contribution in [1.29, 1.82) is 0 Å². The number of nitrogens with zero attached hydrogens (tertiary/aromatic N) is 1. The smallest absolute Gasteiger partial charge is 0.261 e. The fourth-order valence-electron chi connectivity index (χ4n) is 2.74. The Hall–Kier alpha value is -2.69. The molecule has 0 bridgehead atoms. The number of rotatable bonds is 5. The van der Waals surface area contributed by atoms with E-state index in [2.05, 4.69) is 4.72 Å². The predicted molar refractivity (Wildman–Crippen MR) is 103 cm³/mol. The van der Waals surface area contributed by atoms with Crippen LogP contribution in [0.2, 0.25) is 5.02 Å². The molecule has 1 atom stereocenters. The fraction of sp³-hybridized carbons (Fsp3) is 0.222. The maximum absolute atomic E-state index is 13.0. The first-order chi connectivity index (χ1) is 13.7. The maximum Gasteiger partial charge on any atom is 0.261 e. The highest BCUT2D eigenvalue weighted by Gasteiger charge is 2.30. The van der Waals surface area contributed by atoms with E-state index in [9.17, 15) is 22.4 Å². The molecule has 0 spiro atoms. The van der Waals surface area contributed by atoms with Crippen molar-refractivity contribution in [3.63, 3.8) is 0 Å². The molecule has 29 heavy (non-hydrogen) atoms. The van der Waals surface area contributed by atoms with E-state index < -0.39 is 33.8 Å². The first-order valence-corrected chi connectivity index (χ1v) is 10.3. The van der Waals surface area contributed by atoms with E-state index in [1.165, 1.54) is 29.2 Å². The Balaban J connectivity index is 1.86. The number of carbonyl (C=O) groups is 2. The largest absolute Gasteiger partial charge is 0.367 e. The fourth-order valence-corrected chi connectivity index (χ4v) is 4.03. The monoisotopic (exact) mass is 441 g/mol. The number of benzene rings is 2. The average molecular weight is 442 g/mol. The number of nitrogens with one attached hydrogen (secondary N) is 1. The predicted octanol–water partition coefficient (Wildman–Crippen LogP) is 1.61. The van der Waals surface area contributed by atoms with E-state index in [1.807, 2.05) is 0 Å². The lowest BCUT2D eigenvalue weighted by Gasteiger charge is -2.31. The Labute approximate surface area is 171 Å². The molecule has 3 rings (SSSR count). The normalized spacial score (nSPS) is 17.0. The first-order valence-electron chi connectivity index (χ1n) is 8.45. The third-order valence-electron chi connectivity index (χ3n) is 4.25. The van der Waals surface area contributed by atoms with Gasteiger partial charge in [-0.05, 0) is 42.5 Å². The number of sulfonamides is 1. The summed E-state index contributed by atoms with van der Waals surface area (Å²) in [6.07, 6.45) is -0.946. The summed E-state index contributed by atoms with van der Waals surface area (Å²) in [7, 11) is -4.05. The summed E-state index contributed by atoms with van der Waals surface area (Å²) in [5.41, 5.74) is 5.34. The Morgan fingerprint density at radius 3 is 2.55 bits per heavy atom. The molecule has 1 heterocycles. The first kappa shape index (κ1) is 21.0. The van der Waals surface area contributed by atoms with Gasteiger partial charge in [0.25, 0.3) is 15.9 Å². The van der Waals surface area contributed by atoms with Crippen molar-refractivity contribution in [3.8, 4) is 0 Å². The third kappa shape index (κ3) is 4.84. The van der Waals surface area contributed by atoms with Crippen LogP contribution in [0, 0.1) is 5.82 Å². The van der Waals surface area contributed by atoms with Crippen molar-refractivity contribution in [2.75, 3.05) is 24.4 Å². The number of hydrogen-bond acceptors (Lipinski definition) is 5. The molecule has 1 aliphatic heterocycles. The summed E-state index contributed by atoms with van der Waals surface area (Å²) in [5, 5.41) is 0.0536. The van der Waals surface area contributed by atoms with E-state index in [-0.39, 0.29) is 40.9 Å². The summed E-state index contributed by atoms with van der Waals surface area (Å²) in [6.45, 7) is 0.250.